The van der Waals surface area contributed by atoms with Crippen LogP contribution in [0.4, 0.5) is 0 Å². The number of allylic oxidation sites excluding steroid dienone is 10. The van der Waals surface area contributed by atoms with Crippen molar-refractivity contribution in [1.29, 1.82) is 0 Å². The fourth-order valence-corrected chi connectivity index (χ4v) is 3.52. The first-order valence-corrected chi connectivity index (χ1v) is 11.6. The Morgan fingerprint density at radius 1 is 0.750 bits per heavy atom. The Morgan fingerprint density at radius 2 is 1.29 bits per heavy atom. The topological polar surface area (TPSA) is 17.1 Å². The van der Waals surface area contributed by atoms with Crippen molar-refractivity contribution in [3.05, 3.63) is 60.8 Å². The molecule has 28 heavy (non-hydrogen) atoms. The second kappa shape index (κ2) is 14.4. The van der Waals surface area contributed by atoms with Gasteiger partial charge in [0.05, 0.1) is 0 Å². The van der Waals surface area contributed by atoms with Gasteiger partial charge in [-0.2, -0.15) is 0 Å². The molecule has 2 aliphatic rings. The van der Waals surface area contributed by atoms with Gasteiger partial charge in [-0.3, -0.25) is 4.79 Å². The first kappa shape index (κ1) is 22.7. The highest BCUT2D eigenvalue weighted by molar-refractivity contribution is 5.79. The van der Waals surface area contributed by atoms with Crippen molar-refractivity contribution in [1.82, 2.24) is 0 Å². The summed E-state index contributed by atoms with van der Waals surface area (Å²) in [6.45, 7) is 2.17. The average molecular weight is 381 g/mol. The molecular weight excluding hydrogens is 340 g/mol. The molecule has 0 saturated heterocycles. The molecule has 0 aromatic rings. The zero-order chi connectivity index (χ0) is 19.9. The number of hydrogen-bond acceptors (Lipinski definition) is 1. The number of rotatable bonds is 16. The molecule has 154 valence electrons. The molecule has 1 heteroatoms. The van der Waals surface area contributed by atoms with Crippen molar-refractivity contribution in [3.63, 3.8) is 0 Å². The molecule has 0 bridgehead atoms. The van der Waals surface area contributed by atoms with Gasteiger partial charge in [-0.1, -0.05) is 67.7 Å². The lowest BCUT2D eigenvalue weighted by molar-refractivity contribution is -0.119. The third-order valence-corrected chi connectivity index (χ3v) is 5.64. The standard InChI is InChI=1S/C27H40O/c1-2-3-4-5-6-7-8-11-14-17-25-23-26(25)18-15-12-9-10-13-16-19-27(28)22-24-20-21-24/h3-4,6-7,10-15,24-26H,2,5,8-9,16-23H2,1H3/b4-3-,7-6-,13-10-,14-11-,15-12-. The molecule has 0 spiro atoms. The van der Waals surface area contributed by atoms with Gasteiger partial charge in [-0.25, -0.2) is 0 Å². The Balaban J connectivity index is 1.40. The summed E-state index contributed by atoms with van der Waals surface area (Å²) in [5.41, 5.74) is 0. The van der Waals surface area contributed by atoms with Crippen molar-refractivity contribution in [3.8, 4) is 0 Å². The predicted octanol–water partition coefficient (Wildman–Crippen LogP) is 7.91. The Morgan fingerprint density at radius 3 is 1.86 bits per heavy atom. The van der Waals surface area contributed by atoms with E-state index in [2.05, 4.69) is 67.7 Å². The third kappa shape index (κ3) is 12.0. The zero-order valence-corrected chi connectivity index (χ0v) is 17.9. The Labute approximate surface area is 173 Å². The summed E-state index contributed by atoms with van der Waals surface area (Å²) in [5, 5.41) is 0. The maximum atomic E-state index is 11.7. The van der Waals surface area contributed by atoms with Crippen molar-refractivity contribution in [2.45, 2.75) is 84.0 Å². The van der Waals surface area contributed by atoms with Crippen LogP contribution in [0.3, 0.4) is 0 Å². The van der Waals surface area contributed by atoms with Crippen LogP contribution in [0.2, 0.25) is 0 Å². The van der Waals surface area contributed by atoms with Gasteiger partial charge in [0.2, 0.25) is 0 Å². The lowest BCUT2D eigenvalue weighted by Gasteiger charge is -1.95. The molecule has 0 heterocycles. The molecule has 2 atom stereocenters. The summed E-state index contributed by atoms with van der Waals surface area (Å²) in [7, 11) is 0. The molecule has 0 aliphatic heterocycles. The van der Waals surface area contributed by atoms with Crippen LogP contribution in [0.15, 0.2) is 60.8 Å². The minimum Gasteiger partial charge on any atom is -0.300 e. The van der Waals surface area contributed by atoms with E-state index in [1.807, 2.05) is 0 Å². The van der Waals surface area contributed by atoms with Crippen molar-refractivity contribution in [2.75, 3.05) is 0 Å². The fraction of sp³-hybridized carbons (Fsp3) is 0.593. The second-order valence-electron chi connectivity index (χ2n) is 8.42. The van der Waals surface area contributed by atoms with Crippen LogP contribution in [-0.2, 0) is 4.79 Å². The van der Waals surface area contributed by atoms with Crippen molar-refractivity contribution in [2.24, 2.45) is 17.8 Å². The highest BCUT2D eigenvalue weighted by Gasteiger charge is 2.34. The minimum absolute atomic E-state index is 0.455. The summed E-state index contributed by atoms with van der Waals surface area (Å²) >= 11 is 0. The van der Waals surface area contributed by atoms with E-state index in [9.17, 15) is 4.79 Å². The predicted molar refractivity (Wildman–Crippen MR) is 122 cm³/mol. The van der Waals surface area contributed by atoms with E-state index in [-0.39, 0.29) is 0 Å². The maximum absolute atomic E-state index is 11.7. The van der Waals surface area contributed by atoms with Gasteiger partial charge in [0.1, 0.15) is 5.78 Å². The number of carbonyl (C=O) groups is 1. The van der Waals surface area contributed by atoms with E-state index in [1.165, 1.54) is 32.1 Å². The highest BCUT2D eigenvalue weighted by Crippen LogP contribution is 2.44. The molecular formula is C27H40O. The second-order valence-corrected chi connectivity index (χ2v) is 8.42. The van der Waals surface area contributed by atoms with Crippen LogP contribution >= 0.6 is 0 Å². The minimum atomic E-state index is 0.455. The molecule has 2 unspecified atom stereocenters. The van der Waals surface area contributed by atoms with Gasteiger partial charge in [-0.15, -0.1) is 0 Å². The zero-order valence-electron chi connectivity index (χ0n) is 17.9. The molecule has 1 nitrogen and oxygen atoms in total. The van der Waals surface area contributed by atoms with Crippen LogP contribution < -0.4 is 0 Å². The number of ketones is 1. The molecule has 2 rings (SSSR count). The summed E-state index contributed by atoms with van der Waals surface area (Å²) in [4.78, 5) is 11.7. The third-order valence-electron chi connectivity index (χ3n) is 5.64. The van der Waals surface area contributed by atoms with Crippen molar-refractivity contribution < 1.29 is 4.79 Å². The summed E-state index contributed by atoms with van der Waals surface area (Å²) in [6, 6.07) is 0. The molecule has 0 aromatic heterocycles. The van der Waals surface area contributed by atoms with Crippen molar-refractivity contribution >= 4 is 5.78 Å². The quantitative estimate of drug-likeness (QED) is 0.249. The van der Waals surface area contributed by atoms with Crippen LogP contribution in [0, 0.1) is 17.8 Å². The van der Waals surface area contributed by atoms with Gasteiger partial charge in [0.15, 0.2) is 0 Å². The number of hydrogen-bond donors (Lipinski definition) is 0. The SMILES string of the molecule is CC/C=C\C/C=C\C/C=C\CC1CC1C/C=C\C/C=C\CCC(=O)CC1CC1. The molecule has 0 radical (unpaired) electrons. The van der Waals surface area contributed by atoms with E-state index in [4.69, 9.17) is 0 Å². The summed E-state index contributed by atoms with van der Waals surface area (Å²) < 4.78 is 0. The van der Waals surface area contributed by atoms with E-state index in [1.54, 1.807) is 0 Å². The van der Waals surface area contributed by atoms with E-state index >= 15 is 0 Å². The smallest absolute Gasteiger partial charge is 0.133 e. The number of Topliss-reactive ketones (excluding diaryl/α,β-unsaturated/α-hetero) is 1. The molecule has 2 aliphatic carbocycles. The lowest BCUT2D eigenvalue weighted by atomic mass is 10.1. The summed E-state index contributed by atoms with van der Waals surface area (Å²) in [5.74, 6) is 3.00. The van der Waals surface area contributed by atoms with E-state index < -0.39 is 0 Å². The van der Waals surface area contributed by atoms with Crippen LogP contribution in [0.1, 0.15) is 84.0 Å². The molecule has 0 N–H and O–H groups in total. The largest absolute Gasteiger partial charge is 0.300 e. The van der Waals surface area contributed by atoms with Gasteiger partial charge in [-0.05, 0) is 82.0 Å². The molecule has 2 saturated carbocycles. The van der Waals surface area contributed by atoms with Gasteiger partial charge in [0, 0.05) is 12.8 Å². The first-order chi connectivity index (χ1) is 13.8. The van der Waals surface area contributed by atoms with Crippen LogP contribution in [0.25, 0.3) is 0 Å². The first-order valence-electron chi connectivity index (χ1n) is 11.6. The monoisotopic (exact) mass is 380 g/mol. The van der Waals surface area contributed by atoms with Crippen LogP contribution in [0.5, 0.6) is 0 Å². The Hall–Kier alpha value is -1.63. The molecule has 0 aromatic carbocycles. The summed E-state index contributed by atoms with van der Waals surface area (Å²) in [6.07, 6.45) is 35.8. The molecule has 0 amide bonds. The Kier molecular flexibility index (Phi) is 11.6. The maximum Gasteiger partial charge on any atom is 0.133 e. The molecule has 2 fully saturated rings. The number of carbonyl (C=O) groups excluding carboxylic acids is 1. The van der Waals surface area contributed by atoms with Gasteiger partial charge >= 0.3 is 0 Å². The highest BCUT2D eigenvalue weighted by atomic mass is 16.1. The van der Waals surface area contributed by atoms with E-state index in [0.29, 0.717) is 5.78 Å². The normalized spacial score (nSPS) is 22.6. The fourth-order valence-electron chi connectivity index (χ4n) is 3.52. The van der Waals surface area contributed by atoms with Gasteiger partial charge in [0.25, 0.3) is 0 Å². The average Bonchev–Trinajstić information content (AvgIpc) is 3.60. The lowest BCUT2D eigenvalue weighted by Crippen LogP contribution is -1.97. The van der Waals surface area contributed by atoms with Gasteiger partial charge < -0.3 is 0 Å². The Bertz CT molecular complexity index is 571. The van der Waals surface area contributed by atoms with E-state index in [0.717, 1.165) is 62.7 Å². The van der Waals surface area contributed by atoms with Crippen LogP contribution in [-0.4, -0.2) is 5.78 Å².